The second-order valence-corrected chi connectivity index (χ2v) is 11.7. The molecule has 2 aliphatic heterocycles. The van der Waals surface area contributed by atoms with Crippen LogP contribution in [0.2, 0.25) is 0 Å². The van der Waals surface area contributed by atoms with Crippen LogP contribution in [0.15, 0.2) is 36.4 Å². The molecule has 2 fully saturated rings. The van der Waals surface area contributed by atoms with Gasteiger partial charge >= 0.3 is 12.4 Å². The number of morpholine rings is 1. The van der Waals surface area contributed by atoms with E-state index in [0.29, 0.717) is 31.6 Å². The predicted molar refractivity (Wildman–Crippen MR) is 148 cm³/mol. The Hall–Kier alpha value is -2.63. The molecule has 2 saturated heterocycles. The highest BCUT2D eigenvalue weighted by atomic mass is 19.4. The van der Waals surface area contributed by atoms with Gasteiger partial charge in [-0.2, -0.15) is 26.3 Å². The summed E-state index contributed by atoms with van der Waals surface area (Å²) in [6, 6.07) is 6.64. The zero-order valence-corrected chi connectivity index (χ0v) is 24.5. The van der Waals surface area contributed by atoms with Crippen molar-refractivity contribution in [3.8, 4) is 0 Å². The molecule has 0 bridgehead atoms. The van der Waals surface area contributed by atoms with Crippen molar-refractivity contribution in [2.45, 2.75) is 71.1 Å². The van der Waals surface area contributed by atoms with E-state index < -0.39 is 41.0 Å². The fraction of sp³-hybridized carbons (Fsp3) is 0.581. The minimum atomic E-state index is -5.02. The van der Waals surface area contributed by atoms with Gasteiger partial charge < -0.3 is 9.64 Å². The number of ether oxygens (including phenoxy) is 1. The van der Waals surface area contributed by atoms with Crippen LogP contribution in [0.3, 0.4) is 0 Å². The number of carbonyl (C=O) groups excluding carboxylic acids is 1. The molecule has 1 amide bonds. The van der Waals surface area contributed by atoms with Crippen molar-refractivity contribution in [1.29, 1.82) is 0 Å². The summed E-state index contributed by atoms with van der Waals surface area (Å²) in [5.74, 6) is -0.823. The molecule has 0 saturated carbocycles. The molecule has 2 heterocycles. The Labute approximate surface area is 243 Å². The lowest BCUT2D eigenvalue weighted by Gasteiger charge is -2.42. The first-order chi connectivity index (χ1) is 19.6. The summed E-state index contributed by atoms with van der Waals surface area (Å²) >= 11 is 0. The van der Waals surface area contributed by atoms with E-state index in [0.717, 1.165) is 49.3 Å². The molecule has 0 N–H and O–H groups in total. The molecule has 42 heavy (non-hydrogen) atoms. The van der Waals surface area contributed by atoms with Crippen molar-refractivity contribution < 1.29 is 35.9 Å². The molecule has 3 atom stereocenters. The summed E-state index contributed by atoms with van der Waals surface area (Å²) in [7, 11) is 0. The molecule has 2 aromatic rings. The summed E-state index contributed by atoms with van der Waals surface area (Å²) < 4.78 is 86.9. The smallest absolute Gasteiger partial charge is 0.373 e. The van der Waals surface area contributed by atoms with E-state index in [1.807, 2.05) is 32.0 Å². The van der Waals surface area contributed by atoms with Crippen molar-refractivity contribution in [1.82, 2.24) is 14.7 Å². The molecule has 0 unspecified atom stereocenters. The van der Waals surface area contributed by atoms with Gasteiger partial charge in [0.1, 0.15) is 0 Å². The lowest BCUT2D eigenvalue weighted by molar-refractivity contribution is -0.143. The Morgan fingerprint density at radius 3 is 1.98 bits per heavy atom. The molecular weight excluding hydrogens is 560 g/mol. The van der Waals surface area contributed by atoms with E-state index in [9.17, 15) is 31.1 Å². The van der Waals surface area contributed by atoms with Crippen molar-refractivity contribution in [2.75, 3.05) is 45.8 Å². The monoisotopic (exact) mass is 599 g/mol. The van der Waals surface area contributed by atoms with Crippen molar-refractivity contribution in [3.05, 3.63) is 69.8 Å². The molecule has 0 radical (unpaired) electrons. The largest absolute Gasteiger partial charge is 0.416 e. The molecular formula is C31H39F6N3O2. The second kappa shape index (κ2) is 12.9. The van der Waals surface area contributed by atoms with Gasteiger partial charge in [-0.05, 0) is 88.5 Å². The number of amides is 1. The number of hydrogen-bond acceptors (Lipinski definition) is 4. The quantitative estimate of drug-likeness (QED) is 0.355. The van der Waals surface area contributed by atoms with E-state index in [-0.39, 0.29) is 24.8 Å². The molecule has 0 aliphatic carbocycles. The summed E-state index contributed by atoms with van der Waals surface area (Å²) in [5.41, 5.74) is -0.453. The highest BCUT2D eigenvalue weighted by molar-refractivity contribution is 5.95. The number of halogens is 6. The zero-order chi connectivity index (χ0) is 30.8. The van der Waals surface area contributed by atoms with Crippen molar-refractivity contribution in [3.63, 3.8) is 0 Å². The van der Waals surface area contributed by atoms with Crippen LogP contribution in [0.1, 0.15) is 58.4 Å². The lowest BCUT2D eigenvalue weighted by Crippen LogP contribution is -2.56. The Bertz CT molecular complexity index is 1210. The molecule has 0 spiro atoms. The summed E-state index contributed by atoms with van der Waals surface area (Å²) in [6.45, 7) is 12.6. The zero-order valence-electron chi connectivity index (χ0n) is 24.5. The topological polar surface area (TPSA) is 36.0 Å². The maximum absolute atomic E-state index is 13.6. The van der Waals surface area contributed by atoms with Gasteiger partial charge in [0, 0.05) is 44.3 Å². The molecule has 2 aliphatic rings. The normalized spacial score (nSPS) is 22.9. The molecule has 5 nitrogen and oxygen atoms in total. The number of benzene rings is 2. The average Bonchev–Trinajstić information content (AvgIpc) is 2.89. The first kappa shape index (κ1) is 32.3. The Morgan fingerprint density at radius 2 is 1.40 bits per heavy atom. The highest BCUT2D eigenvalue weighted by Gasteiger charge is 2.39. The Morgan fingerprint density at radius 1 is 0.810 bits per heavy atom. The van der Waals surface area contributed by atoms with Crippen LogP contribution in [0.4, 0.5) is 26.3 Å². The minimum absolute atomic E-state index is 0.0528. The van der Waals surface area contributed by atoms with Crippen LogP contribution in [0, 0.1) is 13.8 Å². The number of rotatable bonds is 7. The first-order valence-corrected chi connectivity index (χ1v) is 14.4. The fourth-order valence-electron chi connectivity index (χ4n) is 6.00. The van der Waals surface area contributed by atoms with E-state index in [1.165, 1.54) is 4.90 Å². The maximum Gasteiger partial charge on any atom is 0.416 e. The van der Waals surface area contributed by atoms with Crippen LogP contribution in [0.5, 0.6) is 0 Å². The number of carbonyl (C=O) groups is 1. The fourth-order valence-corrected chi connectivity index (χ4v) is 6.00. The number of aryl methyl sites for hydroxylation is 2. The molecule has 4 rings (SSSR count). The Kier molecular flexibility index (Phi) is 9.94. The summed E-state index contributed by atoms with van der Waals surface area (Å²) in [5, 5.41) is 0. The minimum Gasteiger partial charge on any atom is -0.373 e. The standard InChI is InChI=1S/C31H39F6N3O2/c1-20-6-7-24(12-21(20)2)13-28-19-38(8-5-9-39-17-22(3)42-23(4)18-39)10-11-40(28)29(41)25-14-26(30(32,33)34)16-27(15-25)31(35,36)37/h6-7,12,14-16,22-23,28H,5,8-11,13,17-19H2,1-4H3/t22-,23+,28-/m1/s1. The number of nitrogens with zero attached hydrogens (tertiary/aromatic N) is 3. The maximum atomic E-state index is 13.6. The van der Waals surface area contributed by atoms with Crippen LogP contribution in [0.25, 0.3) is 0 Å². The van der Waals surface area contributed by atoms with E-state index in [1.54, 1.807) is 0 Å². The van der Waals surface area contributed by atoms with Crippen LogP contribution < -0.4 is 0 Å². The van der Waals surface area contributed by atoms with Crippen molar-refractivity contribution >= 4 is 5.91 Å². The lowest BCUT2D eigenvalue weighted by atomic mass is 9.97. The van der Waals surface area contributed by atoms with E-state index in [2.05, 4.69) is 23.6 Å². The third-order valence-electron chi connectivity index (χ3n) is 8.15. The highest BCUT2D eigenvalue weighted by Crippen LogP contribution is 2.37. The van der Waals surface area contributed by atoms with Crippen LogP contribution in [-0.2, 0) is 23.5 Å². The van der Waals surface area contributed by atoms with E-state index in [4.69, 9.17) is 4.74 Å². The summed E-state index contributed by atoms with van der Waals surface area (Å²) in [4.78, 5) is 19.7. The van der Waals surface area contributed by atoms with E-state index >= 15 is 0 Å². The van der Waals surface area contributed by atoms with Gasteiger partial charge in [-0.15, -0.1) is 0 Å². The Balaban J connectivity index is 1.54. The first-order valence-electron chi connectivity index (χ1n) is 14.4. The van der Waals surface area contributed by atoms with Crippen LogP contribution in [-0.4, -0.2) is 84.7 Å². The average molecular weight is 600 g/mol. The molecule has 232 valence electrons. The third kappa shape index (κ3) is 8.26. The molecule has 0 aromatic heterocycles. The number of alkyl halides is 6. The predicted octanol–water partition coefficient (Wildman–Crippen LogP) is 6.21. The van der Waals surface area contributed by atoms with Gasteiger partial charge in [0.05, 0.1) is 23.3 Å². The number of hydrogen-bond donors (Lipinski definition) is 0. The van der Waals surface area contributed by atoms with Crippen LogP contribution >= 0.6 is 0 Å². The van der Waals surface area contributed by atoms with Gasteiger partial charge in [0.25, 0.3) is 5.91 Å². The summed E-state index contributed by atoms with van der Waals surface area (Å²) in [6.07, 6.45) is -8.38. The van der Waals surface area contributed by atoms with Gasteiger partial charge in [0.2, 0.25) is 0 Å². The second-order valence-electron chi connectivity index (χ2n) is 11.7. The third-order valence-corrected chi connectivity index (χ3v) is 8.15. The van der Waals surface area contributed by atoms with Gasteiger partial charge in [-0.1, -0.05) is 18.2 Å². The molecule has 11 heteroatoms. The van der Waals surface area contributed by atoms with Gasteiger partial charge in [-0.25, -0.2) is 0 Å². The SMILES string of the molecule is Cc1ccc(C[C@@H]2CN(CCCN3C[C@@H](C)O[C@@H](C)C3)CCN2C(=O)c2cc(C(F)(F)F)cc(C(F)(F)F)c2)cc1C. The number of piperazine rings is 1. The van der Waals surface area contributed by atoms with Gasteiger partial charge in [-0.3, -0.25) is 14.6 Å². The molecule has 2 aromatic carbocycles. The van der Waals surface area contributed by atoms with Crippen molar-refractivity contribution in [2.24, 2.45) is 0 Å². The van der Waals surface area contributed by atoms with Gasteiger partial charge in [0.15, 0.2) is 0 Å².